The minimum Gasteiger partial charge on any atom is -0.490 e. The Bertz CT molecular complexity index is 1800. The third-order valence-electron chi connectivity index (χ3n) is 10.4. The molecule has 2 N–H and O–H groups in total. The number of nitrogens with zero attached hydrogens (tertiary/aromatic N) is 4. The van der Waals surface area contributed by atoms with Crippen molar-refractivity contribution in [3.05, 3.63) is 39.2 Å². The molecular formula is C31H32F6N6O3. The second-order valence-corrected chi connectivity index (χ2v) is 13.2. The maximum absolute atomic E-state index is 16.8. The number of pyridine rings is 1. The Morgan fingerprint density at radius 3 is 2.78 bits per heavy atom. The highest BCUT2D eigenvalue weighted by Crippen LogP contribution is 2.48. The lowest BCUT2D eigenvalue weighted by Crippen LogP contribution is -2.59. The summed E-state index contributed by atoms with van der Waals surface area (Å²) in [5.74, 6) is -3.15. The molecule has 9 nitrogen and oxygen atoms in total. The van der Waals surface area contributed by atoms with E-state index in [4.69, 9.17) is 9.47 Å². The van der Waals surface area contributed by atoms with Gasteiger partial charge < -0.3 is 24.7 Å². The number of benzene rings is 1. The largest absolute Gasteiger partial charge is 0.490 e. The van der Waals surface area contributed by atoms with Gasteiger partial charge in [-0.15, -0.1) is 0 Å². The summed E-state index contributed by atoms with van der Waals surface area (Å²) in [4.78, 5) is 27.4. The number of ether oxygens (including phenoxy) is 2. The number of aromatic amines is 1. The van der Waals surface area contributed by atoms with Gasteiger partial charge in [-0.25, -0.2) is 13.2 Å². The average Bonchev–Trinajstić information content (AvgIpc) is 3.64. The van der Waals surface area contributed by atoms with E-state index in [0.717, 1.165) is 32.3 Å². The number of H-pyrrole nitrogens is 1. The fraction of sp³-hybridized carbons (Fsp3) is 0.581. The zero-order chi connectivity index (χ0) is 32.1. The first-order valence-electron chi connectivity index (χ1n) is 15.6. The molecule has 246 valence electrons. The number of piperazine rings is 1. The Balaban J connectivity index is 1.35. The Morgan fingerprint density at radius 2 is 1.98 bits per heavy atom. The highest BCUT2D eigenvalue weighted by Gasteiger charge is 2.50. The quantitative estimate of drug-likeness (QED) is 0.395. The third-order valence-corrected chi connectivity index (χ3v) is 10.4. The second-order valence-electron chi connectivity index (χ2n) is 13.2. The number of aromatic nitrogens is 3. The molecule has 5 aliphatic heterocycles. The van der Waals surface area contributed by atoms with E-state index in [2.05, 4.69) is 15.3 Å². The lowest BCUT2D eigenvalue weighted by molar-refractivity contribution is -0.137. The number of aryl methyl sites for hydroxylation is 1. The van der Waals surface area contributed by atoms with Gasteiger partial charge >= 0.3 is 12.2 Å². The highest BCUT2D eigenvalue weighted by molar-refractivity contribution is 5.99. The van der Waals surface area contributed by atoms with Crippen molar-refractivity contribution in [3.63, 3.8) is 0 Å². The van der Waals surface area contributed by atoms with Crippen molar-refractivity contribution in [1.82, 2.24) is 25.2 Å². The van der Waals surface area contributed by atoms with E-state index in [0.29, 0.717) is 25.9 Å². The van der Waals surface area contributed by atoms with E-state index in [9.17, 15) is 22.4 Å². The van der Waals surface area contributed by atoms with Crippen LogP contribution in [-0.4, -0.2) is 82.5 Å². The predicted molar refractivity (Wildman–Crippen MR) is 155 cm³/mol. The number of hydrogen-bond donors (Lipinski definition) is 2. The first-order chi connectivity index (χ1) is 21.9. The zero-order valence-corrected chi connectivity index (χ0v) is 24.9. The van der Waals surface area contributed by atoms with E-state index in [1.54, 1.807) is 0 Å². The van der Waals surface area contributed by atoms with Gasteiger partial charge in [-0.05, 0) is 44.7 Å². The number of halogens is 6. The van der Waals surface area contributed by atoms with E-state index in [1.807, 2.05) is 14.8 Å². The van der Waals surface area contributed by atoms with E-state index in [-0.39, 0.29) is 61.5 Å². The van der Waals surface area contributed by atoms with Crippen molar-refractivity contribution >= 4 is 16.7 Å². The van der Waals surface area contributed by atoms with Crippen LogP contribution in [0.1, 0.15) is 49.7 Å². The van der Waals surface area contributed by atoms with Crippen molar-refractivity contribution in [3.8, 4) is 23.0 Å². The molecule has 0 saturated carbocycles. The number of fused-ring (bicyclic) bond motifs is 6. The lowest BCUT2D eigenvalue weighted by Gasteiger charge is -2.43. The third kappa shape index (κ3) is 4.55. The molecule has 2 bridgehead atoms. The fourth-order valence-corrected chi connectivity index (χ4v) is 8.52. The van der Waals surface area contributed by atoms with Crippen molar-refractivity contribution in [2.75, 3.05) is 37.7 Å². The van der Waals surface area contributed by atoms with Gasteiger partial charge in [0.15, 0.2) is 17.4 Å². The van der Waals surface area contributed by atoms with Crippen molar-refractivity contribution in [1.29, 1.82) is 0 Å². The smallest absolute Gasteiger partial charge is 0.418 e. The van der Waals surface area contributed by atoms with Crippen LogP contribution in [0.2, 0.25) is 0 Å². The van der Waals surface area contributed by atoms with E-state index < -0.39 is 68.7 Å². The zero-order valence-electron chi connectivity index (χ0n) is 24.9. The molecule has 4 fully saturated rings. The summed E-state index contributed by atoms with van der Waals surface area (Å²) in [5, 5.41) is 3.46. The van der Waals surface area contributed by atoms with Crippen molar-refractivity contribution in [2.45, 2.75) is 81.5 Å². The molecule has 2 aromatic heterocycles. The predicted octanol–water partition coefficient (Wildman–Crippen LogP) is 4.64. The molecule has 15 heteroatoms. The van der Waals surface area contributed by atoms with Crippen LogP contribution in [0.3, 0.4) is 0 Å². The molecule has 1 aromatic carbocycles. The minimum atomic E-state index is -5.05. The monoisotopic (exact) mass is 650 g/mol. The molecule has 5 atom stereocenters. The first kappa shape index (κ1) is 29.8. The second kappa shape index (κ2) is 10.5. The SMILES string of the molecule is Cc1cc(=O)[nH]c(-c2c(F)c3c4c(nc(OC[C@@]56CCCN5C[C@H](F)C6)nc4c2F)N2C[C@@H]4CCC(N4)C2CCO3)c1C(F)(F)F. The van der Waals surface area contributed by atoms with Crippen molar-refractivity contribution < 1.29 is 35.8 Å². The van der Waals surface area contributed by atoms with Gasteiger partial charge in [-0.1, -0.05) is 0 Å². The van der Waals surface area contributed by atoms with Gasteiger partial charge in [0.05, 0.1) is 34.4 Å². The van der Waals surface area contributed by atoms with Crippen LogP contribution in [0.25, 0.3) is 22.2 Å². The normalized spacial score (nSPS) is 29.0. The summed E-state index contributed by atoms with van der Waals surface area (Å²) < 4.78 is 103. The molecule has 0 radical (unpaired) electrons. The number of alkyl halides is 4. The summed E-state index contributed by atoms with van der Waals surface area (Å²) in [6, 6.07) is 0.503. The summed E-state index contributed by atoms with van der Waals surface area (Å²) >= 11 is 0. The summed E-state index contributed by atoms with van der Waals surface area (Å²) in [6.45, 7) is 2.55. The van der Waals surface area contributed by atoms with Gasteiger partial charge in [0.25, 0.3) is 0 Å². The summed E-state index contributed by atoms with van der Waals surface area (Å²) in [5.41, 5.74) is -6.08. The Morgan fingerprint density at radius 1 is 1.15 bits per heavy atom. The topological polar surface area (TPSA) is 95.6 Å². The maximum atomic E-state index is 16.8. The standard InChI is InChI=1S/C31H32F6N6O3/c1-14-9-19(44)39-25(22(14)31(35,36)37)20-23(33)26-21-27(24(20)34)45-8-5-18-17-4-3-16(38-17)12-43(18)28(21)41-29(40-26)46-13-30-6-2-7-42(30)11-15(32)10-30/h9,15-18,38H,2-8,10-13H2,1H3,(H,39,44)/t15-,16+,17?,18?,30+/m1/s1. The molecule has 2 unspecified atom stereocenters. The number of hydrogen-bond acceptors (Lipinski definition) is 8. The molecule has 8 rings (SSSR count). The van der Waals surface area contributed by atoms with E-state index >= 15 is 8.78 Å². The molecule has 0 aliphatic carbocycles. The first-order valence-corrected chi connectivity index (χ1v) is 15.6. The molecule has 0 amide bonds. The Hall–Kier alpha value is -3.59. The van der Waals surface area contributed by atoms with E-state index in [1.165, 1.54) is 0 Å². The molecule has 3 aromatic rings. The number of anilines is 1. The molecule has 46 heavy (non-hydrogen) atoms. The summed E-state index contributed by atoms with van der Waals surface area (Å²) in [7, 11) is 0. The lowest BCUT2D eigenvalue weighted by atomic mass is 9.95. The molecular weight excluding hydrogens is 618 g/mol. The highest BCUT2D eigenvalue weighted by atomic mass is 19.4. The average molecular weight is 651 g/mol. The fourth-order valence-electron chi connectivity index (χ4n) is 8.52. The minimum absolute atomic E-state index is 0.00197. The van der Waals surface area contributed by atoms with Gasteiger partial charge in [-0.3, -0.25) is 9.69 Å². The van der Waals surface area contributed by atoms with Crippen LogP contribution in [0.15, 0.2) is 10.9 Å². The molecule has 7 heterocycles. The van der Waals surface area contributed by atoms with Crippen LogP contribution in [-0.2, 0) is 6.18 Å². The van der Waals surface area contributed by atoms with Gasteiger partial charge in [0.1, 0.15) is 24.1 Å². The van der Waals surface area contributed by atoms with Gasteiger partial charge in [0.2, 0.25) is 5.56 Å². The van der Waals surface area contributed by atoms with Gasteiger partial charge in [-0.2, -0.15) is 23.1 Å². The van der Waals surface area contributed by atoms with Crippen molar-refractivity contribution in [2.24, 2.45) is 0 Å². The summed E-state index contributed by atoms with van der Waals surface area (Å²) in [6.07, 6.45) is -2.03. The van der Waals surface area contributed by atoms with Gasteiger partial charge in [0, 0.05) is 50.1 Å². The molecule has 0 spiro atoms. The molecule has 5 aliphatic rings. The number of nitrogens with one attached hydrogen (secondary N) is 2. The number of rotatable bonds is 4. The van der Waals surface area contributed by atoms with Crippen LogP contribution < -0.4 is 25.2 Å². The molecule has 4 saturated heterocycles. The Kier molecular flexibility index (Phi) is 6.77. The van der Waals surface area contributed by atoms with Crippen LogP contribution in [0, 0.1) is 18.6 Å². The van der Waals surface area contributed by atoms with Crippen LogP contribution >= 0.6 is 0 Å². The van der Waals surface area contributed by atoms with Crippen LogP contribution in [0.4, 0.5) is 32.2 Å². The Labute approximate surface area is 259 Å². The maximum Gasteiger partial charge on any atom is 0.418 e. The van der Waals surface area contributed by atoms with Crippen LogP contribution in [0.5, 0.6) is 11.8 Å².